The van der Waals surface area contributed by atoms with E-state index in [0.717, 1.165) is 29.7 Å². The minimum atomic E-state index is -0.371. The highest BCUT2D eigenvalue weighted by Gasteiger charge is 2.36. The first kappa shape index (κ1) is 31.1. The molecule has 0 saturated carbocycles. The molecule has 3 aromatic carbocycles. The Kier molecular flexibility index (Phi) is 9.45. The van der Waals surface area contributed by atoms with E-state index in [-0.39, 0.29) is 50.8 Å². The lowest BCUT2D eigenvalue weighted by molar-refractivity contribution is -0.881. The van der Waals surface area contributed by atoms with Crippen molar-refractivity contribution in [3.8, 4) is 5.75 Å². The average Bonchev–Trinajstić information content (AvgIpc) is 3.41. The predicted molar refractivity (Wildman–Crippen MR) is 168 cm³/mol. The Morgan fingerprint density at radius 2 is 1.51 bits per heavy atom. The number of hydroxylamine groups is 5. The molecule has 2 fully saturated rings. The monoisotopic (exact) mass is 628 g/mol. The molecular weight excluding hydrogens is 593 g/mol. The highest BCUT2D eigenvalue weighted by molar-refractivity contribution is 6.39. The van der Waals surface area contributed by atoms with Crippen LogP contribution in [-0.4, -0.2) is 73.1 Å². The molecule has 0 radical (unpaired) electrons. The van der Waals surface area contributed by atoms with Gasteiger partial charge in [-0.1, -0.05) is 35.3 Å². The lowest BCUT2D eigenvalue weighted by atomic mass is 10.1. The number of quaternary nitrogens is 2. The molecule has 43 heavy (non-hydrogen) atoms. The molecule has 3 N–H and O–H groups in total. The molecule has 5 rings (SSSR count). The number of amides is 3. The third kappa shape index (κ3) is 7.59. The number of likely N-dealkylation sites (tertiary alicyclic amines) is 1. The number of ether oxygens (including phenoxy) is 1. The number of nitrogens with zero attached hydrogens (tertiary/aromatic N) is 3. The lowest BCUT2D eigenvalue weighted by Crippen LogP contribution is -2.60. The van der Waals surface area contributed by atoms with E-state index in [2.05, 4.69) is 10.6 Å². The summed E-state index contributed by atoms with van der Waals surface area (Å²) in [5, 5.41) is 30.3. The summed E-state index contributed by atoms with van der Waals surface area (Å²) in [6.45, 7) is 2.62. The minimum Gasteiger partial charge on any atom is -0.633 e. The van der Waals surface area contributed by atoms with Crippen molar-refractivity contribution in [2.75, 3.05) is 57.0 Å². The Morgan fingerprint density at radius 1 is 0.907 bits per heavy atom. The Hall–Kier alpha value is -3.38. The maximum atomic E-state index is 13.1. The van der Waals surface area contributed by atoms with Gasteiger partial charge in [0.2, 0.25) is 5.91 Å². The quantitative estimate of drug-likeness (QED) is 0.208. The van der Waals surface area contributed by atoms with Crippen molar-refractivity contribution in [3.05, 3.63) is 87.0 Å². The third-order valence-corrected chi connectivity index (χ3v) is 8.70. The average molecular weight is 630 g/mol. The van der Waals surface area contributed by atoms with Gasteiger partial charge in [0.25, 0.3) is 0 Å². The molecule has 12 heteroatoms. The van der Waals surface area contributed by atoms with E-state index in [1.807, 2.05) is 24.3 Å². The second-order valence-corrected chi connectivity index (χ2v) is 12.0. The molecule has 2 aliphatic heterocycles. The van der Waals surface area contributed by atoms with Crippen molar-refractivity contribution < 1.29 is 24.2 Å². The number of benzene rings is 3. The van der Waals surface area contributed by atoms with Crippen molar-refractivity contribution in [3.63, 3.8) is 0 Å². The topological polar surface area (TPSA) is 114 Å². The van der Waals surface area contributed by atoms with Gasteiger partial charge in [0.1, 0.15) is 25.4 Å². The summed E-state index contributed by atoms with van der Waals surface area (Å²) < 4.78 is 4.53. The predicted octanol–water partition coefficient (Wildman–Crippen LogP) is 6.04. The van der Waals surface area contributed by atoms with Crippen molar-refractivity contribution in [1.82, 2.24) is 9.55 Å². The van der Waals surface area contributed by atoms with Gasteiger partial charge in [-0.3, -0.25) is 4.79 Å². The Bertz CT molecular complexity index is 1430. The van der Waals surface area contributed by atoms with Gasteiger partial charge in [-0.2, -0.15) is 0 Å². The number of carbonyl (C=O) groups is 2. The molecular formula is C31H36Cl2N5O5+. The molecule has 0 bridgehead atoms. The van der Waals surface area contributed by atoms with Crippen LogP contribution in [0.4, 0.5) is 21.9 Å². The van der Waals surface area contributed by atoms with E-state index in [9.17, 15) is 20.0 Å². The molecule has 0 aromatic heterocycles. The van der Waals surface area contributed by atoms with Crippen LogP contribution in [-0.2, 0) is 17.8 Å². The smallest absolute Gasteiger partial charge is 0.322 e. The van der Waals surface area contributed by atoms with E-state index >= 15 is 0 Å². The second kappa shape index (κ2) is 13.1. The summed E-state index contributed by atoms with van der Waals surface area (Å²) in [4.78, 5) is 27.1. The van der Waals surface area contributed by atoms with Gasteiger partial charge >= 0.3 is 6.03 Å². The van der Waals surface area contributed by atoms with Crippen LogP contribution in [0.15, 0.2) is 60.7 Å². The van der Waals surface area contributed by atoms with Crippen molar-refractivity contribution in [2.24, 2.45) is 0 Å². The van der Waals surface area contributed by atoms with Crippen molar-refractivity contribution in [2.45, 2.75) is 25.8 Å². The van der Waals surface area contributed by atoms with Gasteiger partial charge in [0.05, 0.1) is 55.4 Å². The normalized spacial score (nSPS) is 17.4. The highest BCUT2D eigenvalue weighted by Crippen LogP contribution is 2.34. The maximum absolute atomic E-state index is 13.1. The summed E-state index contributed by atoms with van der Waals surface area (Å²) in [6.07, 6.45) is 2.06. The molecule has 0 atom stereocenters. The van der Waals surface area contributed by atoms with Crippen LogP contribution >= 0.6 is 23.2 Å². The standard InChI is InChI=1S/C31H35Cl2N5O5/c1-43-26-10-4-22(5-11-26)20-29(39)34-24-6-8-25(9-7-24)38(42)16-12-36(13-17-38)31(40)35-30-27(32)18-23(19-28(30)33)21-37(41)14-2-3-15-37/h4-11,18-19,42H,2-3,12-17,20-21H2,1H3,(H-,34,35,39,40)/p+1. The molecule has 228 valence electrons. The van der Waals surface area contributed by atoms with Gasteiger partial charge in [-0.05, 0) is 42.0 Å². The van der Waals surface area contributed by atoms with Crippen LogP contribution in [0.25, 0.3) is 0 Å². The Balaban J connectivity index is 1.13. The van der Waals surface area contributed by atoms with Gasteiger partial charge in [0.15, 0.2) is 5.69 Å². The Labute approximate surface area is 261 Å². The number of urea groups is 1. The number of rotatable bonds is 8. The zero-order valence-electron chi connectivity index (χ0n) is 24.0. The molecule has 3 amide bonds. The molecule has 0 unspecified atom stereocenters. The first-order chi connectivity index (χ1) is 20.6. The molecule has 0 aliphatic carbocycles. The summed E-state index contributed by atoms with van der Waals surface area (Å²) in [7, 11) is 1.59. The molecule has 10 nitrogen and oxygen atoms in total. The highest BCUT2D eigenvalue weighted by atomic mass is 35.5. The summed E-state index contributed by atoms with van der Waals surface area (Å²) in [6, 6.07) is 17.4. The third-order valence-electron chi connectivity index (χ3n) is 8.11. The number of piperazine rings is 1. The number of carbonyl (C=O) groups excluding carboxylic acids is 2. The fourth-order valence-electron chi connectivity index (χ4n) is 5.64. The SMILES string of the molecule is COc1ccc(CC(=O)Nc2ccc([N+]3(O)CCN(C(=O)Nc4c(Cl)cc(C[N+]5([O-])CCCC5)cc4Cl)CC3)cc2)cc1. The second-order valence-electron chi connectivity index (χ2n) is 11.2. The van der Waals surface area contributed by atoms with Crippen molar-refractivity contribution in [1.29, 1.82) is 0 Å². The number of hydrogen-bond donors (Lipinski definition) is 3. The zero-order valence-corrected chi connectivity index (χ0v) is 25.5. The summed E-state index contributed by atoms with van der Waals surface area (Å²) in [5.74, 6) is 0.581. The summed E-state index contributed by atoms with van der Waals surface area (Å²) in [5.41, 5.74) is 3.20. The van der Waals surface area contributed by atoms with E-state index in [1.165, 1.54) is 0 Å². The summed E-state index contributed by atoms with van der Waals surface area (Å²) >= 11 is 12.9. The molecule has 2 aliphatic rings. The lowest BCUT2D eigenvalue weighted by Gasteiger charge is -2.38. The van der Waals surface area contributed by atoms with E-state index < -0.39 is 0 Å². The van der Waals surface area contributed by atoms with Crippen LogP contribution in [0.2, 0.25) is 10.0 Å². The number of anilines is 2. The number of halogens is 2. The van der Waals surface area contributed by atoms with Crippen LogP contribution in [0.5, 0.6) is 5.75 Å². The van der Waals surface area contributed by atoms with E-state index in [4.69, 9.17) is 27.9 Å². The number of methoxy groups -OCH3 is 1. The van der Waals surface area contributed by atoms with E-state index in [1.54, 1.807) is 48.4 Å². The largest absolute Gasteiger partial charge is 0.633 e. The van der Waals surface area contributed by atoms with Crippen LogP contribution in [0, 0.1) is 5.21 Å². The van der Waals surface area contributed by atoms with Gasteiger partial charge < -0.3 is 30.1 Å². The number of hydrogen-bond acceptors (Lipinski definition) is 5. The van der Waals surface area contributed by atoms with E-state index in [0.29, 0.717) is 49.8 Å². The maximum Gasteiger partial charge on any atom is 0.322 e. The van der Waals surface area contributed by atoms with Gasteiger partial charge in [-0.15, -0.1) is 4.65 Å². The fraction of sp³-hybridized carbons (Fsp3) is 0.355. The fourth-order valence-corrected chi connectivity index (χ4v) is 6.27. The van der Waals surface area contributed by atoms with Crippen LogP contribution < -0.4 is 20.0 Å². The number of nitrogens with one attached hydrogen (secondary N) is 2. The minimum absolute atomic E-state index is 0.150. The zero-order chi connectivity index (χ0) is 30.6. The molecule has 0 spiro atoms. The van der Waals surface area contributed by atoms with Crippen LogP contribution in [0.1, 0.15) is 24.0 Å². The first-order valence-corrected chi connectivity index (χ1v) is 15.1. The Morgan fingerprint density at radius 3 is 2.09 bits per heavy atom. The van der Waals surface area contributed by atoms with Crippen molar-refractivity contribution >= 4 is 52.2 Å². The van der Waals surface area contributed by atoms with Gasteiger partial charge in [-0.25, -0.2) is 10.0 Å². The molecule has 2 heterocycles. The molecule has 3 aromatic rings. The molecule has 2 saturated heterocycles. The van der Waals surface area contributed by atoms with Gasteiger partial charge in [0, 0.05) is 36.2 Å². The first-order valence-electron chi connectivity index (χ1n) is 14.3. The van der Waals surface area contributed by atoms with Crippen LogP contribution in [0.3, 0.4) is 0 Å².